The minimum atomic E-state index is -0.362. The van der Waals surface area contributed by atoms with E-state index in [9.17, 15) is 4.79 Å². The number of furan rings is 1. The lowest BCUT2D eigenvalue weighted by Gasteiger charge is -2.17. The van der Waals surface area contributed by atoms with Gasteiger partial charge in [0.25, 0.3) is 0 Å². The monoisotopic (exact) mass is 499 g/mol. The van der Waals surface area contributed by atoms with Gasteiger partial charge in [-0.25, -0.2) is 14.8 Å². The molecule has 2 N–H and O–H groups in total. The topological polar surface area (TPSA) is 125 Å². The van der Waals surface area contributed by atoms with Crippen molar-refractivity contribution in [1.82, 2.24) is 24.7 Å². The molecule has 0 atom stereocenters. The van der Waals surface area contributed by atoms with Crippen molar-refractivity contribution >= 4 is 51.1 Å². The van der Waals surface area contributed by atoms with Gasteiger partial charge in [0.15, 0.2) is 5.16 Å². The summed E-state index contributed by atoms with van der Waals surface area (Å²) in [5.74, 6) is 2.72. The van der Waals surface area contributed by atoms with E-state index >= 15 is 0 Å². The number of carbonyl (C=O) groups is 1. The number of aryl methyl sites for hydroxylation is 1. The molecule has 0 spiro atoms. The van der Waals surface area contributed by atoms with Crippen molar-refractivity contribution in [2.45, 2.75) is 44.1 Å². The minimum Gasteiger partial charge on any atom is -0.467 e. The van der Waals surface area contributed by atoms with Crippen LogP contribution in [0.15, 0.2) is 28.0 Å². The van der Waals surface area contributed by atoms with Crippen LogP contribution in [-0.2, 0) is 17.0 Å². The summed E-state index contributed by atoms with van der Waals surface area (Å²) >= 11 is 2.78. The molecule has 0 bridgehead atoms. The Kier molecular flexibility index (Phi) is 6.42. The van der Waals surface area contributed by atoms with E-state index in [0.29, 0.717) is 45.6 Å². The molecule has 12 heteroatoms. The van der Waals surface area contributed by atoms with Gasteiger partial charge in [-0.05, 0) is 44.4 Å². The fourth-order valence-corrected chi connectivity index (χ4v) is 5.93. The Hall–Kier alpha value is -3.12. The standard InChI is InChI=1S/C22H25N7O3S2/c1-3-31-20(30)17-13(2)16-18(23)24-15(25-19(16)34-17)12-33-22-27-26-21(28-8-4-5-9-28)29(22)11-14-7-6-10-32-14/h6-7,10H,3-5,8-9,11-12H2,1-2H3,(H2,23,24,25). The predicted molar refractivity (Wildman–Crippen MR) is 131 cm³/mol. The summed E-state index contributed by atoms with van der Waals surface area (Å²) in [5.41, 5.74) is 7.02. The van der Waals surface area contributed by atoms with Crippen LogP contribution in [0.25, 0.3) is 10.2 Å². The van der Waals surface area contributed by atoms with Crippen LogP contribution < -0.4 is 10.6 Å². The molecule has 1 aliphatic rings. The highest BCUT2D eigenvalue weighted by Crippen LogP contribution is 2.34. The lowest BCUT2D eigenvalue weighted by molar-refractivity contribution is 0.0531. The van der Waals surface area contributed by atoms with Crippen molar-refractivity contribution in [2.75, 3.05) is 30.3 Å². The van der Waals surface area contributed by atoms with Gasteiger partial charge in [0.1, 0.15) is 27.1 Å². The number of anilines is 2. The molecule has 4 aromatic rings. The molecule has 0 radical (unpaired) electrons. The summed E-state index contributed by atoms with van der Waals surface area (Å²) in [4.78, 5) is 24.9. The van der Waals surface area contributed by atoms with Crippen molar-refractivity contribution in [2.24, 2.45) is 0 Å². The highest BCUT2D eigenvalue weighted by molar-refractivity contribution is 7.98. The van der Waals surface area contributed by atoms with Crippen molar-refractivity contribution < 1.29 is 13.9 Å². The SMILES string of the molecule is CCOC(=O)c1sc2nc(CSc3nnc(N4CCCC4)n3Cc3ccco3)nc(N)c2c1C. The molecule has 10 nitrogen and oxygen atoms in total. The number of nitrogen functional groups attached to an aromatic ring is 1. The Bertz CT molecular complexity index is 1310. The average molecular weight is 500 g/mol. The number of carbonyl (C=O) groups excluding carboxylic acids is 1. The van der Waals surface area contributed by atoms with Gasteiger partial charge in [-0.15, -0.1) is 21.5 Å². The van der Waals surface area contributed by atoms with E-state index < -0.39 is 0 Å². The number of nitrogens with two attached hydrogens (primary N) is 1. The third-order valence-electron chi connectivity index (χ3n) is 5.64. The van der Waals surface area contributed by atoms with E-state index in [2.05, 4.69) is 29.6 Å². The van der Waals surface area contributed by atoms with Gasteiger partial charge in [0, 0.05) is 13.1 Å². The number of thioether (sulfide) groups is 1. The third kappa shape index (κ3) is 4.34. The summed E-state index contributed by atoms with van der Waals surface area (Å²) in [6.45, 7) is 6.42. The molecule has 0 unspecified atom stereocenters. The molecular weight excluding hydrogens is 474 g/mol. The number of esters is 1. The van der Waals surface area contributed by atoms with Crippen LogP contribution in [0.1, 0.15) is 46.6 Å². The van der Waals surface area contributed by atoms with Crippen LogP contribution >= 0.6 is 23.1 Å². The van der Waals surface area contributed by atoms with E-state index in [4.69, 9.17) is 14.9 Å². The van der Waals surface area contributed by atoms with E-state index in [0.717, 1.165) is 48.4 Å². The van der Waals surface area contributed by atoms with Crippen LogP contribution in [0.5, 0.6) is 0 Å². The summed E-state index contributed by atoms with van der Waals surface area (Å²) in [6, 6.07) is 3.82. The molecule has 4 aromatic heterocycles. The number of ether oxygens (including phenoxy) is 1. The number of aromatic nitrogens is 5. The van der Waals surface area contributed by atoms with Crippen molar-refractivity contribution in [3.05, 3.63) is 40.4 Å². The number of nitrogens with zero attached hydrogens (tertiary/aromatic N) is 6. The normalized spacial score (nSPS) is 13.8. The van der Waals surface area contributed by atoms with Crippen molar-refractivity contribution in [3.8, 4) is 0 Å². The Labute approximate surface area is 204 Å². The van der Waals surface area contributed by atoms with Crippen LogP contribution in [-0.4, -0.2) is 50.4 Å². The Morgan fingerprint density at radius 3 is 2.85 bits per heavy atom. The van der Waals surface area contributed by atoms with Crippen molar-refractivity contribution in [1.29, 1.82) is 0 Å². The minimum absolute atomic E-state index is 0.313. The second-order valence-corrected chi connectivity index (χ2v) is 9.85. The maximum atomic E-state index is 12.3. The molecule has 34 heavy (non-hydrogen) atoms. The van der Waals surface area contributed by atoms with Crippen LogP contribution in [0.2, 0.25) is 0 Å². The molecule has 1 saturated heterocycles. The van der Waals surface area contributed by atoms with Gasteiger partial charge in [-0.3, -0.25) is 4.57 Å². The van der Waals surface area contributed by atoms with E-state index in [1.54, 1.807) is 13.2 Å². The summed E-state index contributed by atoms with van der Waals surface area (Å²) in [5, 5.41) is 10.4. The number of hydrogen-bond donors (Lipinski definition) is 1. The molecule has 0 aliphatic carbocycles. The summed E-state index contributed by atoms with van der Waals surface area (Å²) < 4.78 is 12.8. The zero-order valence-corrected chi connectivity index (χ0v) is 20.6. The molecule has 1 aliphatic heterocycles. The zero-order valence-electron chi connectivity index (χ0n) is 19.0. The Balaban J connectivity index is 1.41. The van der Waals surface area contributed by atoms with E-state index in [-0.39, 0.29) is 5.97 Å². The number of thiophene rings is 1. The van der Waals surface area contributed by atoms with Crippen molar-refractivity contribution in [3.63, 3.8) is 0 Å². The molecular formula is C22H25N7O3S2. The fourth-order valence-electron chi connectivity index (χ4n) is 4.04. The molecule has 0 aromatic carbocycles. The zero-order chi connectivity index (χ0) is 23.7. The quantitative estimate of drug-likeness (QED) is 0.282. The highest BCUT2D eigenvalue weighted by atomic mass is 32.2. The number of hydrogen-bond acceptors (Lipinski definition) is 11. The lowest BCUT2D eigenvalue weighted by atomic mass is 10.2. The van der Waals surface area contributed by atoms with Crippen LogP contribution in [0, 0.1) is 6.92 Å². The Morgan fingerprint density at radius 1 is 1.29 bits per heavy atom. The van der Waals surface area contributed by atoms with Gasteiger partial charge in [0.2, 0.25) is 5.95 Å². The fraction of sp³-hybridized carbons (Fsp3) is 0.409. The first-order valence-corrected chi connectivity index (χ1v) is 12.9. The largest absolute Gasteiger partial charge is 0.467 e. The van der Waals surface area contributed by atoms with Gasteiger partial charge in [-0.1, -0.05) is 11.8 Å². The van der Waals surface area contributed by atoms with Crippen LogP contribution in [0.4, 0.5) is 11.8 Å². The second-order valence-electron chi connectivity index (χ2n) is 7.91. The highest BCUT2D eigenvalue weighted by Gasteiger charge is 2.23. The first-order chi connectivity index (χ1) is 16.5. The molecule has 178 valence electrons. The number of rotatable bonds is 8. The molecule has 0 amide bonds. The maximum Gasteiger partial charge on any atom is 0.348 e. The van der Waals surface area contributed by atoms with E-state index in [1.165, 1.54) is 23.1 Å². The third-order valence-corrected chi connectivity index (χ3v) is 7.76. The Morgan fingerprint density at radius 2 is 2.12 bits per heavy atom. The first-order valence-electron chi connectivity index (χ1n) is 11.1. The van der Waals surface area contributed by atoms with Crippen LogP contribution in [0.3, 0.4) is 0 Å². The second kappa shape index (κ2) is 9.63. The molecule has 1 fully saturated rings. The summed E-state index contributed by atoms with van der Waals surface area (Å²) in [6.07, 6.45) is 3.97. The molecule has 5 rings (SSSR count). The van der Waals surface area contributed by atoms with Gasteiger partial charge < -0.3 is 19.8 Å². The predicted octanol–water partition coefficient (Wildman–Crippen LogP) is 3.88. The molecule has 5 heterocycles. The first kappa shape index (κ1) is 22.7. The van der Waals surface area contributed by atoms with Gasteiger partial charge in [0.05, 0.1) is 30.6 Å². The average Bonchev–Trinajstić information content (AvgIpc) is 3.61. The number of fused-ring (bicyclic) bond motifs is 1. The van der Waals surface area contributed by atoms with Gasteiger partial charge in [-0.2, -0.15) is 0 Å². The smallest absolute Gasteiger partial charge is 0.348 e. The maximum absolute atomic E-state index is 12.3. The lowest BCUT2D eigenvalue weighted by Crippen LogP contribution is -2.22. The summed E-state index contributed by atoms with van der Waals surface area (Å²) in [7, 11) is 0. The van der Waals surface area contributed by atoms with Gasteiger partial charge >= 0.3 is 5.97 Å². The molecule has 0 saturated carbocycles. The van der Waals surface area contributed by atoms with E-state index in [1.807, 2.05) is 19.1 Å².